The lowest BCUT2D eigenvalue weighted by Crippen LogP contribution is -2.60. The summed E-state index contributed by atoms with van der Waals surface area (Å²) in [7, 11) is 5.16. The molecule has 0 unspecified atom stereocenters. The maximum atomic E-state index is 13.3. The number of hydrogen-bond donors (Lipinski definition) is 0. The third-order valence-corrected chi connectivity index (χ3v) is 4.58. The van der Waals surface area contributed by atoms with E-state index >= 15 is 0 Å². The van der Waals surface area contributed by atoms with Crippen molar-refractivity contribution < 1.29 is 23.9 Å². The molecule has 0 N–H and O–H groups in total. The van der Waals surface area contributed by atoms with Gasteiger partial charge in [0, 0.05) is 31.4 Å². The second-order valence-corrected chi connectivity index (χ2v) is 8.57. The second kappa shape index (κ2) is 10.4. The predicted molar refractivity (Wildman–Crippen MR) is 116 cm³/mol. The van der Waals surface area contributed by atoms with Gasteiger partial charge in [0.1, 0.15) is 17.3 Å². The highest BCUT2D eigenvalue weighted by atomic mass is 16.6. The number of likely N-dealkylation sites (N-methyl/N-ethyl adjacent to an activating group) is 1. The van der Waals surface area contributed by atoms with Crippen LogP contribution in [0.25, 0.3) is 6.08 Å². The molecule has 2 amide bonds. The molecular formula is C22H32N4O5. The zero-order valence-corrected chi connectivity index (χ0v) is 19.1. The van der Waals surface area contributed by atoms with Crippen LogP contribution in [-0.2, 0) is 14.3 Å². The molecular weight excluding hydrogens is 400 g/mol. The van der Waals surface area contributed by atoms with E-state index in [1.807, 2.05) is 31.1 Å². The fourth-order valence-corrected chi connectivity index (χ4v) is 3.11. The van der Waals surface area contributed by atoms with Crippen molar-refractivity contribution >= 4 is 24.0 Å². The van der Waals surface area contributed by atoms with E-state index in [1.54, 1.807) is 39.1 Å². The number of rotatable bonds is 5. The van der Waals surface area contributed by atoms with Crippen LogP contribution < -0.4 is 0 Å². The van der Waals surface area contributed by atoms with E-state index in [-0.39, 0.29) is 31.2 Å². The topological polar surface area (TPSA) is 92.3 Å². The standard InChI is InChI=1S/C22H32N4O5/c1-22(2,3)31-21(29)25-13-14-26(17(15-25)20(28)30-6)19(27)18-16(9-7-11-23-18)10-8-12-24(4)5/h7-11,17H,12-15H2,1-6H3/b10-8+/t17-/m0/s1. The summed E-state index contributed by atoms with van der Waals surface area (Å²) in [6.45, 7) is 6.43. The van der Waals surface area contributed by atoms with E-state index in [4.69, 9.17) is 9.47 Å². The Kier molecular flexibility index (Phi) is 8.15. The summed E-state index contributed by atoms with van der Waals surface area (Å²) in [6.07, 6.45) is 4.79. The molecule has 1 aliphatic heterocycles. The number of esters is 1. The number of amides is 2. The van der Waals surface area contributed by atoms with Crippen molar-refractivity contribution in [1.82, 2.24) is 19.7 Å². The summed E-state index contributed by atoms with van der Waals surface area (Å²) in [5.41, 5.74) is 0.247. The molecule has 0 bridgehead atoms. The fraction of sp³-hybridized carbons (Fsp3) is 0.545. The van der Waals surface area contributed by atoms with Gasteiger partial charge in [0.15, 0.2) is 0 Å². The van der Waals surface area contributed by atoms with Crippen LogP contribution in [0, 0.1) is 0 Å². The first-order chi connectivity index (χ1) is 14.5. The Balaban J connectivity index is 2.25. The Bertz CT molecular complexity index is 831. The van der Waals surface area contributed by atoms with Crippen molar-refractivity contribution in [3.63, 3.8) is 0 Å². The highest BCUT2D eigenvalue weighted by Gasteiger charge is 2.40. The summed E-state index contributed by atoms with van der Waals surface area (Å²) < 4.78 is 10.3. The number of ether oxygens (including phenoxy) is 2. The van der Waals surface area contributed by atoms with Crippen molar-refractivity contribution in [2.75, 3.05) is 47.4 Å². The van der Waals surface area contributed by atoms with Crippen LogP contribution in [0.2, 0.25) is 0 Å². The van der Waals surface area contributed by atoms with Crippen LogP contribution in [0.3, 0.4) is 0 Å². The molecule has 1 aromatic heterocycles. The smallest absolute Gasteiger partial charge is 0.410 e. The maximum Gasteiger partial charge on any atom is 0.410 e. The lowest BCUT2D eigenvalue weighted by Gasteiger charge is -2.40. The number of hydrogen-bond acceptors (Lipinski definition) is 7. The average Bonchev–Trinajstić information content (AvgIpc) is 2.71. The number of pyridine rings is 1. The van der Waals surface area contributed by atoms with E-state index in [2.05, 4.69) is 4.98 Å². The van der Waals surface area contributed by atoms with Gasteiger partial charge in [-0.1, -0.05) is 18.2 Å². The third-order valence-electron chi connectivity index (χ3n) is 4.58. The minimum atomic E-state index is -0.945. The van der Waals surface area contributed by atoms with E-state index < -0.39 is 23.7 Å². The van der Waals surface area contributed by atoms with E-state index in [0.717, 1.165) is 0 Å². The predicted octanol–water partition coefficient (Wildman–Crippen LogP) is 1.89. The molecule has 2 heterocycles. The molecule has 2 rings (SSSR count). The van der Waals surface area contributed by atoms with Crippen LogP contribution in [0.4, 0.5) is 4.79 Å². The van der Waals surface area contributed by atoms with E-state index in [1.165, 1.54) is 16.9 Å². The summed E-state index contributed by atoms with van der Waals surface area (Å²) in [6, 6.07) is 2.61. The van der Waals surface area contributed by atoms with Crippen molar-refractivity contribution in [2.24, 2.45) is 0 Å². The van der Waals surface area contributed by atoms with E-state index in [9.17, 15) is 14.4 Å². The monoisotopic (exact) mass is 432 g/mol. The molecule has 0 aliphatic carbocycles. The second-order valence-electron chi connectivity index (χ2n) is 8.57. The maximum absolute atomic E-state index is 13.3. The highest BCUT2D eigenvalue weighted by Crippen LogP contribution is 2.19. The molecule has 9 heteroatoms. The molecule has 1 saturated heterocycles. The van der Waals surface area contributed by atoms with Gasteiger partial charge in [0.2, 0.25) is 0 Å². The van der Waals surface area contributed by atoms with Crippen molar-refractivity contribution in [1.29, 1.82) is 0 Å². The van der Waals surface area contributed by atoms with Gasteiger partial charge in [-0.15, -0.1) is 0 Å². The summed E-state index contributed by atoms with van der Waals surface area (Å²) in [5, 5.41) is 0. The lowest BCUT2D eigenvalue weighted by molar-refractivity contribution is -0.147. The molecule has 170 valence electrons. The van der Waals surface area contributed by atoms with Gasteiger partial charge in [-0.25, -0.2) is 9.59 Å². The first kappa shape index (κ1) is 24.3. The van der Waals surface area contributed by atoms with E-state index in [0.29, 0.717) is 12.1 Å². The first-order valence-electron chi connectivity index (χ1n) is 10.2. The summed E-state index contributed by atoms with van der Waals surface area (Å²) >= 11 is 0. The summed E-state index contributed by atoms with van der Waals surface area (Å²) in [4.78, 5) is 47.4. The third kappa shape index (κ3) is 6.78. The Morgan fingerprint density at radius 3 is 2.58 bits per heavy atom. The van der Waals surface area contributed by atoms with Gasteiger partial charge in [0.25, 0.3) is 5.91 Å². The van der Waals surface area contributed by atoms with Gasteiger partial charge < -0.3 is 24.2 Å². The SMILES string of the molecule is COC(=O)[C@@H]1CN(C(=O)OC(C)(C)C)CCN1C(=O)c1ncccc1/C=C/CN(C)C. The van der Waals surface area contributed by atoms with Gasteiger partial charge in [-0.05, 0) is 40.9 Å². The Hall–Kier alpha value is -2.94. The highest BCUT2D eigenvalue weighted by molar-refractivity contribution is 5.98. The zero-order chi connectivity index (χ0) is 23.2. The van der Waals surface area contributed by atoms with Crippen LogP contribution in [0.15, 0.2) is 24.4 Å². The van der Waals surface area contributed by atoms with Crippen LogP contribution in [0.1, 0.15) is 36.8 Å². The minimum Gasteiger partial charge on any atom is -0.467 e. The van der Waals surface area contributed by atoms with Gasteiger partial charge in [-0.3, -0.25) is 9.78 Å². The molecule has 0 aromatic carbocycles. The number of carbonyl (C=O) groups is 3. The number of aromatic nitrogens is 1. The van der Waals surface area contributed by atoms with Crippen molar-refractivity contribution in [2.45, 2.75) is 32.4 Å². The number of piperazine rings is 1. The lowest BCUT2D eigenvalue weighted by atomic mass is 10.1. The molecule has 1 fully saturated rings. The van der Waals surface area contributed by atoms with Gasteiger partial charge in [0.05, 0.1) is 13.7 Å². The molecule has 1 atom stereocenters. The largest absolute Gasteiger partial charge is 0.467 e. The molecule has 1 aromatic rings. The summed E-state index contributed by atoms with van der Waals surface area (Å²) in [5.74, 6) is -0.980. The molecule has 1 aliphatic rings. The minimum absolute atomic E-state index is 0.00797. The van der Waals surface area contributed by atoms with Crippen LogP contribution in [0.5, 0.6) is 0 Å². The molecule has 31 heavy (non-hydrogen) atoms. The Labute approximate surface area is 183 Å². The molecule has 0 radical (unpaired) electrons. The first-order valence-corrected chi connectivity index (χ1v) is 10.2. The number of carbonyl (C=O) groups excluding carboxylic acids is 3. The van der Waals surface area contributed by atoms with Crippen LogP contribution >= 0.6 is 0 Å². The molecule has 0 spiro atoms. The van der Waals surface area contributed by atoms with Crippen molar-refractivity contribution in [3.8, 4) is 0 Å². The Morgan fingerprint density at radius 2 is 1.97 bits per heavy atom. The van der Waals surface area contributed by atoms with Crippen LogP contribution in [-0.4, -0.2) is 96.7 Å². The quantitative estimate of drug-likeness (QED) is 0.656. The number of methoxy groups -OCH3 is 1. The average molecular weight is 433 g/mol. The van der Waals surface area contributed by atoms with Gasteiger partial charge in [-0.2, -0.15) is 0 Å². The van der Waals surface area contributed by atoms with Crippen molar-refractivity contribution in [3.05, 3.63) is 35.7 Å². The molecule has 0 saturated carbocycles. The molecule has 9 nitrogen and oxygen atoms in total. The fourth-order valence-electron chi connectivity index (χ4n) is 3.11. The normalized spacial score (nSPS) is 17.2. The zero-order valence-electron chi connectivity index (χ0n) is 19.1. The van der Waals surface area contributed by atoms with Gasteiger partial charge >= 0.3 is 12.1 Å². The number of nitrogens with zero attached hydrogens (tertiary/aromatic N) is 4. The Morgan fingerprint density at radius 1 is 1.26 bits per heavy atom.